The molecule has 0 aliphatic carbocycles. The van der Waals surface area contributed by atoms with Crippen molar-refractivity contribution in [3.8, 4) is 0 Å². The third-order valence-corrected chi connectivity index (χ3v) is 3.74. The van der Waals surface area contributed by atoms with Crippen LogP contribution in [-0.2, 0) is 11.3 Å². The number of anilines is 1. The zero-order chi connectivity index (χ0) is 17.1. The van der Waals surface area contributed by atoms with Crippen molar-refractivity contribution < 1.29 is 18.4 Å². The summed E-state index contributed by atoms with van der Waals surface area (Å²) < 4.78 is 25.8. The van der Waals surface area contributed by atoms with Crippen LogP contribution >= 0.6 is 0 Å². The van der Waals surface area contributed by atoms with Crippen molar-refractivity contribution in [2.75, 3.05) is 11.4 Å². The SMILES string of the molecule is O=C(NCc1ccc(F)cc1)C1CN(c2ccc(F)cc2)C(=O)N1. The summed E-state index contributed by atoms with van der Waals surface area (Å²) in [6.45, 7) is 0.391. The fourth-order valence-corrected chi connectivity index (χ4v) is 2.44. The van der Waals surface area contributed by atoms with Crippen molar-refractivity contribution >= 4 is 17.6 Å². The summed E-state index contributed by atoms with van der Waals surface area (Å²) >= 11 is 0. The minimum absolute atomic E-state index is 0.152. The first-order chi connectivity index (χ1) is 11.5. The third-order valence-electron chi connectivity index (χ3n) is 3.74. The van der Waals surface area contributed by atoms with Gasteiger partial charge in [0.05, 0.1) is 6.54 Å². The van der Waals surface area contributed by atoms with Crippen LogP contribution in [0.15, 0.2) is 48.5 Å². The third kappa shape index (κ3) is 3.51. The molecule has 2 N–H and O–H groups in total. The molecule has 7 heteroatoms. The van der Waals surface area contributed by atoms with E-state index < -0.39 is 17.9 Å². The molecule has 1 aliphatic heterocycles. The second-order valence-corrected chi connectivity index (χ2v) is 5.43. The Balaban J connectivity index is 1.59. The maximum atomic E-state index is 13.0. The summed E-state index contributed by atoms with van der Waals surface area (Å²) in [4.78, 5) is 25.5. The smallest absolute Gasteiger partial charge is 0.322 e. The Morgan fingerprint density at radius 3 is 2.29 bits per heavy atom. The van der Waals surface area contributed by atoms with Gasteiger partial charge in [-0.15, -0.1) is 0 Å². The summed E-state index contributed by atoms with van der Waals surface area (Å²) in [7, 11) is 0. The quantitative estimate of drug-likeness (QED) is 0.902. The van der Waals surface area contributed by atoms with E-state index in [-0.39, 0.29) is 24.8 Å². The zero-order valence-corrected chi connectivity index (χ0v) is 12.6. The Hall–Kier alpha value is -2.96. The van der Waals surface area contributed by atoms with Gasteiger partial charge in [0, 0.05) is 12.2 Å². The van der Waals surface area contributed by atoms with Gasteiger partial charge in [0.25, 0.3) is 0 Å². The molecule has 2 aromatic carbocycles. The fraction of sp³-hybridized carbons (Fsp3) is 0.176. The summed E-state index contributed by atoms with van der Waals surface area (Å²) in [6.07, 6.45) is 0. The van der Waals surface area contributed by atoms with Crippen LogP contribution in [0.1, 0.15) is 5.56 Å². The molecule has 3 rings (SSSR count). The van der Waals surface area contributed by atoms with Crippen LogP contribution in [0.25, 0.3) is 0 Å². The molecule has 0 radical (unpaired) electrons. The van der Waals surface area contributed by atoms with Gasteiger partial charge in [-0.25, -0.2) is 13.6 Å². The highest BCUT2D eigenvalue weighted by Gasteiger charge is 2.34. The molecule has 1 atom stereocenters. The van der Waals surface area contributed by atoms with Gasteiger partial charge in [0.15, 0.2) is 0 Å². The van der Waals surface area contributed by atoms with E-state index in [2.05, 4.69) is 10.6 Å². The van der Waals surface area contributed by atoms with Crippen molar-refractivity contribution in [1.29, 1.82) is 0 Å². The second kappa shape index (κ2) is 6.66. The topological polar surface area (TPSA) is 61.4 Å². The molecule has 1 aliphatic rings. The number of amides is 3. The molecule has 2 aromatic rings. The van der Waals surface area contributed by atoms with E-state index in [0.717, 1.165) is 5.56 Å². The molecule has 3 amide bonds. The summed E-state index contributed by atoms with van der Waals surface area (Å²) in [5, 5.41) is 5.28. The van der Waals surface area contributed by atoms with Crippen molar-refractivity contribution in [3.05, 3.63) is 65.7 Å². The number of nitrogens with one attached hydrogen (secondary N) is 2. The maximum Gasteiger partial charge on any atom is 0.322 e. The number of nitrogens with zero attached hydrogens (tertiary/aromatic N) is 1. The van der Waals surface area contributed by atoms with Gasteiger partial charge in [-0.05, 0) is 42.0 Å². The Bertz CT molecular complexity index is 747. The van der Waals surface area contributed by atoms with Gasteiger partial charge < -0.3 is 10.6 Å². The van der Waals surface area contributed by atoms with E-state index in [1.807, 2.05) is 0 Å². The lowest BCUT2D eigenvalue weighted by Crippen LogP contribution is -2.42. The number of urea groups is 1. The Morgan fingerprint density at radius 2 is 1.67 bits per heavy atom. The zero-order valence-electron chi connectivity index (χ0n) is 12.6. The lowest BCUT2D eigenvalue weighted by Gasteiger charge is -2.14. The van der Waals surface area contributed by atoms with Crippen LogP contribution in [0.3, 0.4) is 0 Å². The van der Waals surface area contributed by atoms with Gasteiger partial charge in [-0.1, -0.05) is 12.1 Å². The van der Waals surface area contributed by atoms with Gasteiger partial charge in [-0.2, -0.15) is 0 Å². The predicted octanol–water partition coefficient (Wildman–Crippen LogP) is 2.18. The molecule has 1 fully saturated rings. The highest BCUT2D eigenvalue weighted by atomic mass is 19.1. The Morgan fingerprint density at radius 1 is 1.08 bits per heavy atom. The van der Waals surface area contributed by atoms with Crippen LogP contribution in [-0.4, -0.2) is 24.5 Å². The van der Waals surface area contributed by atoms with E-state index in [1.165, 1.54) is 41.3 Å². The predicted molar refractivity (Wildman–Crippen MR) is 84.3 cm³/mol. The number of rotatable bonds is 4. The molecule has 124 valence electrons. The van der Waals surface area contributed by atoms with Crippen molar-refractivity contribution in [2.24, 2.45) is 0 Å². The molecule has 0 bridgehead atoms. The largest absolute Gasteiger partial charge is 0.350 e. The molecular formula is C17H15F2N3O2. The first kappa shape index (κ1) is 15.9. The van der Waals surface area contributed by atoms with Crippen LogP contribution in [0.5, 0.6) is 0 Å². The number of carbonyl (C=O) groups is 2. The monoisotopic (exact) mass is 331 g/mol. The normalized spacial score (nSPS) is 16.8. The van der Waals surface area contributed by atoms with Gasteiger partial charge in [-0.3, -0.25) is 9.69 Å². The Kier molecular flexibility index (Phi) is 4.41. The number of benzene rings is 2. The van der Waals surface area contributed by atoms with Gasteiger partial charge in [0.1, 0.15) is 17.7 Å². The van der Waals surface area contributed by atoms with Crippen molar-refractivity contribution in [3.63, 3.8) is 0 Å². The molecule has 0 saturated carbocycles. The molecule has 0 aromatic heterocycles. The van der Waals surface area contributed by atoms with Gasteiger partial charge >= 0.3 is 6.03 Å². The Labute approximate surface area is 137 Å². The van der Waals surface area contributed by atoms with Crippen molar-refractivity contribution in [2.45, 2.75) is 12.6 Å². The summed E-state index contributed by atoms with van der Waals surface area (Å²) in [5.41, 5.74) is 1.27. The van der Waals surface area contributed by atoms with E-state index >= 15 is 0 Å². The first-order valence-electron chi connectivity index (χ1n) is 7.39. The number of halogens is 2. The fourth-order valence-electron chi connectivity index (χ4n) is 2.44. The van der Waals surface area contributed by atoms with Crippen LogP contribution < -0.4 is 15.5 Å². The molecule has 5 nitrogen and oxygen atoms in total. The molecule has 0 spiro atoms. The van der Waals surface area contributed by atoms with E-state index in [0.29, 0.717) is 5.69 Å². The number of hydrogen-bond acceptors (Lipinski definition) is 2. The second-order valence-electron chi connectivity index (χ2n) is 5.43. The van der Waals surface area contributed by atoms with Crippen molar-refractivity contribution in [1.82, 2.24) is 10.6 Å². The van der Waals surface area contributed by atoms with E-state index in [4.69, 9.17) is 0 Å². The minimum atomic E-state index is -0.706. The standard InChI is InChI=1S/C17H15F2N3O2/c18-12-3-1-11(2-4-12)9-20-16(23)15-10-22(17(24)21-15)14-7-5-13(19)6-8-14/h1-8,15H,9-10H2,(H,20,23)(H,21,24). The minimum Gasteiger partial charge on any atom is -0.350 e. The average molecular weight is 331 g/mol. The summed E-state index contributed by atoms with van der Waals surface area (Å²) in [5.74, 6) is -1.08. The van der Waals surface area contributed by atoms with Crippen LogP contribution in [0.4, 0.5) is 19.3 Å². The van der Waals surface area contributed by atoms with Gasteiger partial charge in [0.2, 0.25) is 5.91 Å². The first-order valence-corrected chi connectivity index (χ1v) is 7.39. The van der Waals surface area contributed by atoms with Crippen LogP contribution in [0.2, 0.25) is 0 Å². The summed E-state index contributed by atoms with van der Waals surface area (Å²) in [6, 6.07) is 10.1. The number of hydrogen-bond donors (Lipinski definition) is 2. The molecule has 1 unspecified atom stereocenters. The highest BCUT2D eigenvalue weighted by molar-refractivity contribution is 6.00. The van der Waals surface area contributed by atoms with Crippen LogP contribution in [0, 0.1) is 11.6 Å². The average Bonchev–Trinajstić information content (AvgIpc) is 2.97. The molecular weight excluding hydrogens is 316 g/mol. The van der Waals surface area contributed by atoms with E-state index in [1.54, 1.807) is 12.1 Å². The lowest BCUT2D eigenvalue weighted by atomic mass is 10.2. The lowest BCUT2D eigenvalue weighted by molar-refractivity contribution is -0.122. The molecule has 24 heavy (non-hydrogen) atoms. The molecule has 1 saturated heterocycles. The highest BCUT2D eigenvalue weighted by Crippen LogP contribution is 2.18. The number of carbonyl (C=O) groups excluding carboxylic acids is 2. The van der Waals surface area contributed by atoms with E-state index in [9.17, 15) is 18.4 Å². The molecule has 1 heterocycles. The maximum absolute atomic E-state index is 13.0.